The number of rotatable bonds is 3. The molecule has 0 radical (unpaired) electrons. The van der Waals surface area contributed by atoms with Gasteiger partial charge in [-0.25, -0.2) is 14.9 Å². The van der Waals surface area contributed by atoms with E-state index in [1.165, 1.54) is 17.4 Å². The van der Waals surface area contributed by atoms with Crippen molar-refractivity contribution in [2.24, 2.45) is 0 Å². The topological polar surface area (TPSA) is 109 Å². The number of carboxylic acid groups (broad SMARTS) is 1. The van der Waals surface area contributed by atoms with Gasteiger partial charge in [-0.2, -0.15) is 5.10 Å². The summed E-state index contributed by atoms with van der Waals surface area (Å²) in [4.78, 5) is 31.7. The lowest BCUT2D eigenvalue weighted by Crippen LogP contribution is -2.18. The van der Waals surface area contributed by atoms with Crippen LogP contribution in [0.2, 0.25) is 0 Å². The summed E-state index contributed by atoms with van der Waals surface area (Å²) in [5.74, 6) is -1.29. The molecule has 0 unspecified atom stereocenters. The molecular weight excluding hydrogens is 304 g/mol. The molecule has 0 amide bonds. The standard InChI is InChI=1S/C14H10N4O3S/c1-7-11(10-5-9(14(20)21)12(19)18-17-10)22-13(16-7)8-3-2-4-15-6-8/h2-6H,1H3,(H,18,19)(H,20,21). The molecule has 3 aromatic rings. The third kappa shape index (κ3) is 2.51. The highest BCUT2D eigenvalue weighted by molar-refractivity contribution is 7.18. The van der Waals surface area contributed by atoms with Crippen molar-refractivity contribution in [1.29, 1.82) is 0 Å². The second-order valence-corrected chi connectivity index (χ2v) is 5.48. The van der Waals surface area contributed by atoms with E-state index < -0.39 is 11.5 Å². The lowest BCUT2D eigenvalue weighted by molar-refractivity contribution is 0.0694. The maximum Gasteiger partial charge on any atom is 0.341 e. The molecule has 0 aliphatic heterocycles. The fourth-order valence-corrected chi connectivity index (χ4v) is 2.94. The zero-order valence-corrected chi connectivity index (χ0v) is 12.2. The normalized spacial score (nSPS) is 10.6. The number of thiazole rings is 1. The Morgan fingerprint density at radius 2 is 2.23 bits per heavy atom. The maximum absolute atomic E-state index is 11.4. The third-order valence-electron chi connectivity index (χ3n) is 2.97. The number of hydrogen-bond donors (Lipinski definition) is 2. The Kier molecular flexibility index (Phi) is 3.51. The van der Waals surface area contributed by atoms with E-state index in [0.717, 1.165) is 10.6 Å². The molecule has 110 valence electrons. The van der Waals surface area contributed by atoms with Gasteiger partial charge in [0, 0.05) is 18.0 Å². The number of nitrogens with one attached hydrogen (secondary N) is 1. The Morgan fingerprint density at radius 1 is 1.41 bits per heavy atom. The SMILES string of the molecule is Cc1nc(-c2cccnc2)sc1-c1cc(C(=O)O)c(=O)[nH]n1. The van der Waals surface area contributed by atoms with Crippen molar-refractivity contribution in [3.8, 4) is 21.1 Å². The molecule has 0 spiro atoms. The van der Waals surface area contributed by atoms with Gasteiger partial charge in [0.2, 0.25) is 0 Å². The van der Waals surface area contributed by atoms with Gasteiger partial charge in [-0.15, -0.1) is 11.3 Å². The molecule has 0 aliphatic carbocycles. The van der Waals surface area contributed by atoms with Crippen molar-refractivity contribution < 1.29 is 9.90 Å². The van der Waals surface area contributed by atoms with Gasteiger partial charge in [-0.3, -0.25) is 9.78 Å². The second kappa shape index (κ2) is 5.49. The van der Waals surface area contributed by atoms with Crippen LogP contribution in [0.3, 0.4) is 0 Å². The third-order valence-corrected chi connectivity index (χ3v) is 4.20. The fourth-order valence-electron chi connectivity index (χ4n) is 1.93. The summed E-state index contributed by atoms with van der Waals surface area (Å²) in [5, 5.41) is 15.9. The molecule has 0 bridgehead atoms. The summed E-state index contributed by atoms with van der Waals surface area (Å²) in [6.45, 7) is 1.80. The van der Waals surface area contributed by atoms with Crippen molar-refractivity contribution >= 4 is 17.3 Å². The molecule has 0 saturated heterocycles. The van der Waals surface area contributed by atoms with Crippen LogP contribution in [0.15, 0.2) is 35.4 Å². The van der Waals surface area contributed by atoms with Crippen LogP contribution in [0.25, 0.3) is 21.1 Å². The Balaban J connectivity index is 2.10. The molecule has 8 heteroatoms. The van der Waals surface area contributed by atoms with Crippen molar-refractivity contribution in [3.63, 3.8) is 0 Å². The summed E-state index contributed by atoms with van der Waals surface area (Å²) in [7, 11) is 0. The van der Waals surface area contributed by atoms with Crippen molar-refractivity contribution in [2.75, 3.05) is 0 Å². The van der Waals surface area contributed by atoms with Crippen LogP contribution < -0.4 is 5.56 Å². The summed E-state index contributed by atoms with van der Waals surface area (Å²) in [5.41, 5.74) is 0.873. The number of carbonyl (C=O) groups is 1. The van der Waals surface area contributed by atoms with E-state index in [2.05, 4.69) is 20.2 Å². The molecule has 0 saturated carbocycles. The Morgan fingerprint density at radius 3 is 2.91 bits per heavy atom. The van der Waals surface area contributed by atoms with Crippen LogP contribution >= 0.6 is 11.3 Å². The average molecular weight is 314 g/mol. The fraction of sp³-hybridized carbons (Fsp3) is 0.0714. The zero-order chi connectivity index (χ0) is 15.7. The highest BCUT2D eigenvalue weighted by atomic mass is 32.1. The molecule has 3 heterocycles. The van der Waals surface area contributed by atoms with Gasteiger partial charge in [-0.1, -0.05) is 0 Å². The van der Waals surface area contributed by atoms with Gasteiger partial charge >= 0.3 is 5.97 Å². The Labute approximate surface area is 128 Å². The molecule has 2 N–H and O–H groups in total. The van der Waals surface area contributed by atoms with E-state index in [-0.39, 0.29) is 5.56 Å². The van der Waals surface area contributed by atoms with Gasteiger partial charge in [-0.05, 0) is 25.1 Å². The number of hydrogen-bond acceptors (Lipinski definition) is 6. The van der Waals surface area contributed by atoms with E-state index in [0.29, 0.717) is 16.3 Å². The molecule has 22 heavy (non-hydrogen) atoms. The van der Waals surface area contributed by atoms with E-state index in [1.807, 2.05) is 12.1 Å². The largest absolute Gasteiger partial charge is 0.477 e. The smallest absolute Gasteiger partial charge is 0.341 e. The van der Waals surface area contributed by atoms with Gasteiger partial charge in [0.1, 0.15) is 16.3 Å². The maximum atomic E-state index is 11.4. The van der Waals surface area contributed by atoms with E-state index in [4.69, 9.17) is 5.11 Å². The summed E-state index contributed by atoms with van der Waals surface area (Å²) < 4.78 is 0. The molecule has 3 aromatic heterocycles. The van der Waals surface area contributed by atoms with Crippen molar-refractivity contribution in [2.45, 2.75) is 6.92 Å². The zero-order valence-electron chi connectivity index (χ0n) is 11.4. The minimum Gasteiger partial charge on any atom is -0.477 e. The van der Waals surface area contributed by atoms with Gasteiger partial charge in [0.25, 0.3) is 5.56 Å². The highest BCUT2D eigenvalue weighted by Gasteiger charge is 2.16. The molecule has 0 aliphatic rings. The first kappa shape index (κ1) is 14.1. The lowest BCUT2D eigenvalue weighted by Gasteiger charge is -1.98. The van der Waals surface area contributed by atoms with Crippen LogP contribution in [0, 0.1) is 6.92 Å². The van der Waals surface area contributed by atoms with Crippen molar-refractivity contribution in [1.82, 2.24) is 20.2 Å². The van der Waals surface area contributed by atoms with Crippen LogP contribution in [0.5, 0.6) is 0 Å². The quantitative estimate of drug-likeness (QED) is 0.765. The van der Waals surface area contributed by atoms with Crippen LogP contribution in [0.1, 0.15) is 16.1 Å². The lowest BCUT2D eigenvalue weighted by atomic mass is 10.2. The molecule has 3 rings (SSSR count). The molecule has 0 atom stereocenters. The molecular formula is C14H10N4O3S. The van der Waals surface area contributed by atoms with E-state index in [1.54, 1.807) is 19.3 Å². The van der Waals surface area contributed by atoms with E-state index in [9.17, 15) is 9.59 Å². The predicted octanol–water partition coefficient (Wildman–Crippen LogP) is 1.96. The number of aromatic nitrogens is 4. The number of pyridine rings is 1. The van der Waals surface area contributed by atoms with Gasteiger partial charge < -0.3 is 5.11 Å². The second-order valence-electron chi connectivity index (χ2n) is 4.48. The Hall–Kier alpha value is -2.87. The molecule has 0 fully saturated rings. The number of carboxylic acids is 1. The monoisotopic (exact) mass is 314 g/mol. The predicted molar refractivity (Wildman–Crippen MR) is 80.9 cm³/mol. The average Bonchev–Trinajstić information content (AvgIpc) is 2.90. The summed E-state index contributed by atoms with van der Waals surface area (Å²) >= 11 is 1.36. The number of nitrogens with zero attached hydrogens (tertiary/aromatic N) is 3. The van der Waals surface area contributed by atoms with Gasteiger partial charge in [0.15, 0.2) is 0 Å². The Bertz CT molecular complexity index is 902. The number of aromatic amines is 1. The van der Waals surface area contributed by atoms with Crippen LogP contribution in [-0.2, 0) is 0 Å². The number of aryl methyl sites for hydroxylation is 1. The van der Waals surface area contributed by atoms with Crippen LogP contribution in [-0.4, -0.2) is 31.2 Å². The van der Waals surface area contributed by atoms with Gasteiger partial charge in [0.05, 0.1) is 10.6 Å². The minimum atomic E-state index is -1.29. The summed E-state index contributed by atoms with van der Waals surface area (Å²) in [6.07, 6.45) is 3.37. The number of H-pyrrole nitrogens is 1. The molecule has 7 nitrogen and oxygen atoms in total. The first-order valence-corrected chi connectivity index (χ1v) is 7.09. The highest BCUT2D eigenvalue weighted by Crippen LogP contribution is 2.33. The van der Waals surface area contributed by atoms with E-state index >= 15 is 0 Å². The first-order valence-electron chi connectivity index (χ1n) is 6.27. The summed E-state index contributed by atoms with van der Waals surface area (Å²) in [6, 6.07) is 4.96. The van der Waals surface area contributed by atoms with Crippen LogP contribution in [0.4, 0.5) is 0 Å². The minimum absolute atomic E-state index is 0.347. The molecule has 0 aromatic carbocycles. The number of aromatic carboxylic acids is 1. The first-order chi connectivity index (χ1) is 10.6. The van der Waals surface area contributed by atoms with Crippen molar-refractivity contribution in [3.05, 3.63) is 52.2 Å².